The Balaban J connectivity index is 1.57. The summed E-state index contributed by atoms with van der Waals surface area (Å²) in [4.78, 5) is 2.62. The van der Waals surface area contributed by atoms with Crippen molar-refractivity contribution >= 4 is 0 Å². The summed E-state index contributed by atoms with van der Waals surface area (Å²) >= 11 is 0. The molecule has 0 aromatic heterocycles. The maximum Gasteiger partial charge on any atom is 0.0699 e. The van der Waals surface area contributed by atoms with Crippen molar-refractivity contribution in [1.29, 1.82) is 0 Å². The molecule has 17 heavy (non-hydrogen) atoms. The van der Waals surface area contributed by atoms with E-state index in [0.717, 1.165) is 19.7 Å². The normalized spacial score (nSPS) is 29.1. The highest BCUT2D eigenvalue weighted by Gasteiger charge is 2.17. The SMILES string of the molecule is CC(CNCC1CCCCO1)N1CCCCC1. The molecule has 2 aliphatic heterocycles. The second-order valence-electron chi connectivity index (χ2n) is 5.59. The zero-order valence-corrected chi connectivity index (χ0v) is 11.3. The van der Waals surface area contributed by atoms with E-state index in [0.29, 0.717) is 12.1 Å². The van der Waals surface area contributed by atoms with Crippen LogP contribution in [0.2, 0.25) is 0 Å². The molecule has 3 nitrogen and oxygen atoms in total. The lowest BCUT2D eigenvalue weighted by Gasteiger charge is -2.33. The Morgan fingerprint density at radius 1 is 1.18 bits per heavy atom. The number of nitrogens with zero attached hydrogens (tertiary/aromatic N) is 1. The van der Waals surface area contributed by atoms with E-state index >= 15 is 0 Å². The van der Waals surface area contributed by atoms with Gasteiger partial charge in [-0.05, 0) is 52.1 Å². The molecule has 0 aliphatic carbocycles. The second kappa shape index (κ2) is 7.34. The minimum atomic E-state index is 0.470. The molecule has 0 aromatic rings. The van der Waals surface area contributed by atoms with Crippen LogP contribution in [0.25, 0.3) is 0 Å². The summed E-state index contributed by atoms with van der Waals surface area (Å²) in [5.41, 5.74) is 0. The van der Waals surface area contributed by atoms with Gasteiger partial charge in [-0.25, -0.2) is 0 Å². The van der Waals surface area contributed by atoms with Gasteiger partial charge in [-0.2, -0.15) is 0 Å². The van der Waals surface area contributed by atoms with Gasteiger partial charge in [0.1, 0.15) is 0 Å². The lowest BCUT2D eigenvalue weighted by molar-refractivity contribution is 0.0159. The molecule has 0 spiro atoms. The molecular formula is C14H28N2O. The predicted molar refractivity (Wildman–Crippen MR) is 71.3 cm³/mol. The average Bonchev–Trinajstić information content (AvgIpc) is 2.41. The third-order valence-corrected chi connectivity index (χ3v) is 4.10. The van der Waals surface area contributed by atoms with Crippen LogP contribution in [0.5, 0.6) is 0 Å². The number of piperidine rings is 1. The Morgan fingerprint density at radius 3 is 2.71 bits per heavy atom. The van der Waals surface area contributed by atoms with Crippen LogP contribution < -0.4 is 5.32 Å². The third kappa shape index (κ3) is 4.57. The highest BCUT2D eigenvalue weighted by molar-refractivity contribution is 4.74. The van der Waals surface area contributed by atoms with Crippen molar-refractivity contribution < 1.29 is 4.74 Å². The van der Waals surface area contributed by atoms with Crippen molar-refractivity contribution in [2.24, 2.45) is 0 Å². The molecule has 0 aromatic carbocycles. The summed E-state index contributed by atoms with van der Waals surface area (Å²) in [5, 5.41) is 3.59. The quantitative estimate of drug-likeness (QED) is 0.795. The van der Waals surface area contributed by atoms with Crippen LogP contribution in [0.4, 0.5) is 0 Å². The number of ether oxygens (including phenoxy) is 1. The first kappa shape index (κ1) is 13.3. The van der Waals surface area contributed by atoms with E-state index in [1.165, 1.54) is 51.6 Å². The van der Waals surface area contributed by atoms with Crippen LogP contribution in [0.1, 0.15) is 45.4 Å². The van der Waals surface area contributed by atoms with Gasteiger partial charge in [-0.15, -0.1) is 0 Å². The Hall–Kier alpha value is -0.120. The summed E-state index contributed by atoms with van der Waals surface area (Å²) < 4.78 is 5.73. The van der Waals surface area contributed by atoms with Crippen molar-refractivity contribution in [1.82, 2.24) is 10.2 Å². The lowest BCUT2D eigenvalue weighted by atomic mass is 10.1. The molecular weight excluding hydrogens is 212 g/mol. The third-order valence-electron chi connectivity index (χ3n) is 4.10. The monoisotopic (exact) mass is 240 g/mol. The fourth-order valence-corrected chi connectivity index (χ4v) is 2.91. The van der Waals surface area contributed by atoms with Gasteiger partial charge in [-0.3, -0.25) is 4.90 Å². The molecule has 0 saturated carbocycles. The molecule has 1 N–H and O–H groups in total. The highest BCUT2D eigenvalue weighted by atomic mass is 16.5. The van der Waals surface area contributed by atoms with E-state index in [1.807, 2.05) is 0 Å². The molecule has 0 radical (unpaired) electrons. The summed E-state index contributed by atoms with van der Waals surface area (Å²) in [7, 11) is 0. The van der Waals surface area contributed by atoms with Gasteiger partial charge in [0, 0.05) is 25.7 Å². The van der Waals surface area contributed by atoms with E-state index in [2.05, 4.69) is 17.1 Å². The standard InChI is InChI=1S/C14H28N2O/c1-13(16-8-4-2-5-9-16)11-15-12-14-7-3-6-10-17-14/h13-15H,2-12H2,1H3. The maximum absolute atomic E-state index is 5.73. The largest absolute Gasteiger partial charge is 0.377 e. The van der Waals surface area contributed by atoms with Crippen LogP contribution >= 0.6 is 0 Å². The average molecular weight is 240 g/mol. The zero-order valence-electron chi connectivity index (χ0n) is 11.3. The second-order valence-corrected chi connectivity index (χ2v) is 5.59. The van der Waals surface area contributed by atoms with E-state index in [4.69, 9.17) is 4.74 Å². The Kier molecular flexibility index (Phi) is 5.75. The molecule has 2 atom stereocenters. The smallest absolute Gasteiger partial charge is 0.0699 e. The van der Waals surface area contributed by atoms with Gasteiger partial charge >= 0.3 is 0 Å². The molecule has 2 aliphatic rings. The Labute approximate surface area is 106 Å². The number of hydrogen-bond donors (Lipinski definition) is 1. The number of rotatable bonds is 5. The van der Waals surface area contributed by atoms with Crippen molar-refractivity contribution in [2.75, 3.05) is 32.8 Å². The minimum absolute atomic E-state index is 0.470. The fraction of sp³-hybridized carbons (Fsp3) is 1.00. The molecule has 2 heterocycles. The predicted octanol–water partition coefficient (Wildman–Crippen LogP) is 2.02. The van der Waals surface area contributed by atoms with Crippen molar-refractivity contribution in [3.63, 3.8) is 0 Å². The number of nitrogens with one attached hydrogen (secondary N) is 1. The Morgan fingerprint density at radius 2 is 2.00 bits per heavy atom. The first-order valence-electron chi connectivity index (χ1n) is 7.42. The van der Waals surface area contributed by atoms with E-state index in [-0.39, 0.29) is 0 Å². The van der Waals surface area contributed by atoms with Crippen LogP contribution in [0, 0.1) is 0 Å². The summed E-state index contributed by atoms with van der Waals surface area (Å²) in [6, 6.07) is 0.680. The molecule has 3 heteroatoms. The summed E-state index contributed by atoms with van der Waals surface area (Å²) in [6.07, 6.45) is 8.50. The van der Waals surface area contributed by atoms with Crippen molar-refractivity contribution in [3.05, 3.63) is 0 Å². The molecule has 0 bridgehead atoms. The maximum atomic E-state index is 5.73. The van der Waals surface area contributed by atoms with Gasteiger partial charge in [0.15, 0.2) is 0 Å². The highest BCUT2D eigenvalue weighted by Crippen LogP contribution is 2.13. The van der Waals surface area contributed by atoms with Gasteiger partial charge in [0.2, 0.25) is 0 Å². The van der Waals surface area contributed by atoms with Crippen molar-refractivity contribution in [2.45, 2.75) is 57.6 Å². The van der Waals surface area contributed by atoms with Gasteiger partial charge in [0.05, 0.1) is 6.10 Å². The topological polar surface area (TPSA) is 24.5 Å². The van der Waals surface area contributed by atoms with Crippen molar-refractivity contribution in [3.8, 4) is 0 Å². The minimum Gasteiger partial charge on any atom is -0.377 e. The summed E-state index contributed by atoms with van der Waals surface area (Å²) in [6.45, 7) is 8.05. The van der Waals surface area contributed by atoms with Crippen LogP contribution in [0.3, 0.4) is 0 Å². The first-order chi connectivity index (χ1) is 8.36. The van der Waals surface area contributed by atoms with E-state index in [1.54, 1.807) is 0 Å². The zero-order chi connectivity index (χ0) is 11.9. The lowest BCUT2D eigenvalue weighted by Crippen LogP contribution is -2.44. The number of hydrogen-bond acceptors (Lipinski definition) is 3. The van der Waals surface area contributed by atoms with Gasteiger partial charge in [0.25, 0.3) is 0 Å². The molecule has 2 saturated heterocycles. The van der Waals surface area contributed by atoms with E-state index < -0.39 is 0 Å². The van der Waals surface area contributed by atoms with Crippen LogP contribution in [-0.4, -0.2) is 49.8 Å². The molecule has 2 fully saturated rings. The van der Waals surface area contributed by atoms with Crippen LogP contribution in [-0.2, 0) is 4.74 Å². The molecule has 0 amide bonds. The van der Waals surface area contributed by atoms with Crippen LogP contribution in [0.15, 0.2) is 0 Å². The first-order valence-corrected chi connectivity index (χ1v) is 7.42. The number of likely N-dealkylation sites (tertiary alicyclic amines) is 1. The van der Waals surface area contributed by atoms with E-state index in [9.17, 15) is 0 Å². The molecule has 100 valence electrons. The van der Waals surface area contributed by atoms with Gasteiger partial charge in [-0.1, -0.05) is 6.42 Å². The molecule has 2 unspecified atom stereocenters. The fourth-order valence-electron chi connectivity index (χ4n) is 2.91. The molecule has 2 rings (SSSR count). The van der Waals surface area contributed by atoms with Gasteiger partial charge < -0.3 is 10.1 Å². The summed E-state index contributed by atoms with van der Waals surface area (Å²) in [5.74, 6) is 0. The Bertz CT molecular complexity index is 198.